The number of imidazole rings is 1. The molecule has 6 rings (SSSR count). The van der Waals surface area contributed by atoms with Gasteiger partial charge < -0.3 is 9.88 Å². The molecule has 0 unspecified atom stereocenters. The van der Waals surface area contributed by atoms with Crippen LogP contribution in [0.2, 0.25) is 0 Å². The molecule has 3 aromatic rings. The number of aromatic amines is 1. The van der Waals surface area contributed by atoms with E-state index in [1.165, 1.54) is 17.5 Å². The van der Waals surface area contributed by atoms with Crippen molar-refractivity contribution >= 4 is 22.6 Å². The summed E-state index contributed by atoms with van der Waals surface area (Å²) in [6.07, 6.45) is 7.48. The van der Waals surface area contributed by atoms with Gasteiger partial charge in [-0.15, -0.1) is 0 Å². The molecule has 2 heterocycles. The largest absolute Gasteiger partial charge is 0.341 e. The van der Waals surface area contributed by atoms with Gasteiger partial charge in [0.05, 0.1) is 28.1 Å². The molecule has 0 atom stereocenters. The van der Waals surface area contributed by atoms with Crippen molar-refractivity contribution in [1.82, 2.24) is 9.97 Å². The molecule has 3 aliphatic rings. The molecule has 0 bridgehead atoms. The number of aromatic nitrogens is 2. The third kappa shape index (κ3) is 2.60. The Bertz CT molecular complexity index is 1210. The molecule has 5 nitrogen and oxygen atoms in total. The Morgan fingerprint density at radius 2 is 2.03 bits per heavy atom. The number of nitriles is 1. The van der Waals surface area contributed by atoms with Gasteiger partial charge in [-0.3, -0.25) is 4.79 Å². The molecule has 30 heavy (non-hydrogen) atoms. The number of rotatable bonds is 3. The topological polar surface area (TPSA) is 72.8 Å². The quantitative estimate of drug-likeness (QED) is 0.703. The predicted octanol–water partition coefficient (Wildman–Crippen LogP) is 4.59. The van der Waals surface area contributed by atoms with Gasteiger partial charge in [0.2, 0.25) is 5.91 Å². The van der Waals surface area contributed by atoms with E-state index in [2.05, 4.69) is 29.3 Å². The molecule has 1 amide bonds. The van der Waals surface area contributed by atoms with Crippen molar-refractivity contribution in [2.45, 2.75) is 50.4 Å². The molecule has 0 saturated heterocycles. The second kappa shape index (κ2) is 6.43. The molecule has 5 heteroatoms. The van der Waals surface area contributed by atoms with Gasteiger partial charge in [-0.2, -0.15) is 5.26 Å². The molecule has 1 N–H and O–H groups in total. The minimum Gasteiger partial charge on any atom is -0.341 e. The highest BCUT2D eigenvalue weighted by Crippen LogP contribution is 2.49. The number of benzene rings is 2. The SMILES string of the molecule is N#Cc1ccc2nc(C3(c4ccc5c(c4)CCCN5C(=O)C4CC4)CCC3)[nH]c2c1. The fraction of sp³-hybridized carbons (Fsp3) is 0.400. The summed E-state index contributed by atoms with van der Waals surface area (Å²) in [5.74, 6) is 1.57. The number of aryl methyl sites for hydroxylation is 1. The Morgan fingerprint density at radius 3 is 2.77 bits per heavy atom. The summed E-state index contributed by atoms with van der Waals surface area (Å²) >= 11 is 0. The van der Waals surface area contributed by atoms with Crippen LogP contribution in [0.4, 0.5) is 5.69 Å². The van der Waals surface area contributed by atoms with Crippen molar-refractivity contribution < 1.29 is 4.79 Å². The van der Waals surface area contributed by atoms with E-state index in [1.807, 2.05) is 23.1 Å². The highest BCUT2D eigenvalue weighted by molar-refractivity contribution is 5.97. The Balaban J connectivity index is 1.40. The number of H-pyrrole nitrogens is 1. The number of carbonyl (C=O) groups is 1. The number of fused-ring (bicyclic) bond motifs is 2. The van der Waals surface area contributed by atoms with Crippen LogP contribution >= 0.6 is 0 Å². The predicted molar refractivity (Wildman–Crippen MR) is 115 cm³/mol. The van der Waals surface area contributed by atoms with E-state index in [1.54, 1.807) is 0 Å². The van der Waals surface area contributed by atoms with Crippen molar-refractivity contribution in [3.63, 3.8) is 0 Å². The first-order valence-electron chi connectivity index (χ1n) is 11.0. The van der Waals surface area contributed by atoms with Crippen molar-refractivity contribution in [2.24, 2.45) is 5.92 Å². The van der Waals surface area contributed by atoms with E-state index < -0.39 is 0 Å². The van der Waals surface area contributed by atoms with Crippen LogP contribution in [0.3, 0.4) is 0 Å². The van der Waals surface area contributed by atoms with E-state index in [0.717, 1.165) is 67.6 Å². The fourth-order valence-corrected chi connectivity index (χ4v) is 5.17. The molecular formula is C25H24N4O. The third-order valence-electron chi connectivity index (χ3n) is 7.21. The average Bonchev–Trinajstić information content (AvgIpc) is 3.51. The molecule has 1 aliphatic heterocycles. The smallest absolute Gasteiger partial charge is 0.230 e. The van der Waals surface area contributed by atoms with E-state index in [4.69, 9.17) is 4.98 Å². The van der Waals surface area contributed by atoms with Crippen LogP contribution in [0, 0.1) is 17.2 Å². The number of hydrogen-bond acceptors (Lipinski definition) is 3. The molecule has 0 radical (unpaired) electrons. The van der Waals surface area contributed by atoms with Gasteiger partial charge in [-0.05, 0) is 73.9 Å². The maximum Gasteiger partial charge on any atom is 0.230 e. The first-order valence-corrected chi connectivity index (χ1v) is 11.0. The van der Waals surface area contributed by atoms with E-state index in [9.17, 15) is 10.1 Å². The summed E-state index contributed by atoms with van der Waals surface area (Å²) in [6.45, 7) is 0.845. The molecule has 0 spiro atoms. The van der Waals surface area contributed by atoms with Crippen LogP contribution < -0.4 is 4.90 Å². The zero-order valence-electron chi connectivity index (χ0n) is 16.9. The van der Waals surface area contributed by atoms with E-state index >= 15 is 0 Å². The van der Waals surface area contributed by atoms with Crippen LogP contribution in [0.25, 0.3) is 11.0 Å². The van der Waals surface area contributed by atoms with Crippen LogP contribution in [-0.2, 0) is 16.6 Å². The number of anilines is 1. The molecule has 2 aliphatic carbocycles. The summed E-state index contributed by atoms with van der Waals surface area (Å²) in [7, 11) is 0. The van der Waals surface area contributed by atoms with Gasteiger partial charge in [-0.25, -0.2) is 4.98 Å². The van der Waals surface area contributed by atoms with Crippen LogP contribution in [-0.4, -0.2) is 22.4 Å². The number of carbonyl (C=O) groups excluding carboxylic acids is 1. The fourth-order valence-electron chi connectivity index (χ4n) is 5.17. The van der Waals surface area contributed by atoms with Crippen molar-refractivity contribution in [3.05, 3.63) is 58.9 Å². The maximum absolute atomic E-state index is 12.7. The maximum atomic E-state index is 12.7. The summed E-state index contributed by atoms with van der Waals surface area (Å²) < 4.78 is 0. The van der Waals surface area contributed by atoms with Gasteiger partial charge >= 0.3 is 0 Å². The zero-order chi connectivity index (χ0) is 20.3. The Morgan fingerprint density at radius 1 is 1.17 bits per heavy atom. The number of nitrogens with one attached hydrogen (secondary N) is 1. The van der Waals surface area contributed by atoms with Gasteiger partial charge in [0, 0.05) is 18.2 Å². The minimum absolute atomic E-state index is 0.0936. The van der Waals surface area contributed by atoms with Gasteiger partial charge in [0.15, 0.2) is 0 Å². The number of hydrogen-bond donors (Lipinski definition) is 1. The first kappa shape index (κ1) is 17.7. The summed E-state index contributed by atoms with van der Waals surface area (Å²) in [6, 6.07) is 14.5. The standard InChI is InChI=1S/C25H24N4O/c26-15-16-4-8-20-21(13-16)28-24(27-20)25(10-2-11-25)19-7-9-22-18(14-19)3-1-12-29(22)23(30)17-5-6-17/h4,7-9,13-14,17H,1-3,5-6,10-12H2,(H,27,28). The van der Waals surface area contributed by atoms with Crippen LogP contribution in [0.15, 0.2) is 36.4 Å². The molecule has 2 fully saturated rings. The second-order valence-corrected chi connectivity index (χ2v) is 9.08. The highest BCUT2D eigenvalue weighted by atomic mass is 16.2. The molecule has 2 saturated carbocycles. The van der Waals surface area contributed by atoms with E-state index in [0.29, 0.717) is 11.5 Å². The van der Waals surface area contributed by atoms with Gasteiger partial charge in [0.1, 0.15) is 5.82 Å². The molecule has 2 aromatic carbocycles. The van der Waals surface area contributed by atoms with Crippen molar-refractivity contribution in [3.8, 4) is 6.07 Å². The van der Waals surface area contributed by atoms with E-state index in [-0.39, 0.29) is 11.3 Å². The lowest BCUT2D eigenvalue weighted by Crippen LogP contribution is -2.38. The number of amides is 1. The summed E-state index contributed by atoms with van der Waals surface area (Å²) in [5.41, 5.74) is 6.09. The molecular weight excluding hydrogens is 372 g/mol. The van der Waals surface area contributed by atoms with Gasteiger partial charge in [0.25, 0.3) is 0 Å². The Labute approximate surface area is 175 Å². The summed E-state index contributed by atoms with van der Waals surface area (Å²) in [5, 5.41) is 9.20. The third-order valence-corrected chi connectivity index (χ3v) is 7.21. The minimum atomic E-state index is -0.0936. The second-order valence-electron chi connectivity index (χ2n) is 9.08. The lowest BCUT2D eigenvalue weighted by Gasteiger charge is -2.41. The monoisotopic (exact) mass is 396 g/mol. The van der Waals surface area contributed by atoms with Crippen molar-refractivity contribution in [1.29, 1.82) is 5.26 Å². The van der Waals surface area contributed by atoms with Crippen LogP contribution in [0.1, 0.15) is 61.0 Å². The average molecular weight is 396 g/mol. The summed E-state index contributed by atoms with van der Waals surface area (Å²) in [4.78, 5) is 23.2. The Kier molecular flexibility index (Phi) is 3.80. The zero-order valence-corrected chi connectivity index (χ0v) is 16.9. The van der Waals surface area contributed by atoms with Crippen molar-refractivity contribution in [2.75, 3.05) is 11.4 Å². The molecule has 150 valence electrons. The normalized spacial score (nSPS) is 19.8. The lowest BCUT2D eigenvalue weighted by atomic mass is 9.63. The first-order chi connectivity index (χ1) is 14.7. The molecule has 1 aromatic heterocycles. The lowest BCUT2D eigenvalue weighted by molar-refractivity contribution is -0.119. The highest BCUT2D eigenvalue weighted by Gasteiger charge is 2.44. The Hall–Kier alpha value is -3.13. The number of nitrogens with zero attached hydrogens (tertiary/aromatic N) is 3. The van der Waals surface area contributed by atoms with Gasteiger partial charge in [-0.1, -0.05) is 18.6 Å². The van der Waals surface area contributed by atoms with Crippen LogP contribution in [0.5, 0.6) is 0 Å².